The second-order valence-electron chi connectivity index (χ2n) is 8.21. The highest BCUT2D eigenvalue weighted by Crippen LogP contribution is 2.46. The summed E-state index contributed by atoms with van der Waals surface area (Å²) in [6.07, 6.45) is 1.24. The predicted molar refractivity (Wildman–Crippen MR) is 129 cm³/mol. The van der Waals surface area contributed by atoms with Gasteiger partial charge in [0.05, 0.1) is 0 Å². The van der Waals surface area contributed by atoms with E-state index in [1.54, 1.807) is 28.7 Å². The minimum Gasteiger partial charge on any atom is -0.362 e. The van der Waals surface area contributed by atoms with E-state index in [4.69, 9.17) is 0 Å². The molecule has 2 atom stereocenters. The van der Waals surface area contributed by atoms with E-state index >= 15 is 0 Å². The number of nitrogens with one attached hydrogen (secondary N) is 2. The van der Waals surface area contributed by atoms with E-state index in [2.05, 4.69) is 27.1 Å². The number of Topliss-reactive ketones (excluding diaryl/α,β-unsaturated/α-hetero) is 1. The number of anilines is 1. The monoisotopic (exact) mass is 461 g/mol. The van der Waals surface area contributed by atoms with Gasteiger partial charge in [0.2, 0.25) is 0 Å². The second kappa shape index (κ2) is 8.48. The molecular formula is C25H23N3O2S2. The highest BCUT2D eigenvalue weighted by molar-refractivity contribution is 7.10. The maximum Gasteiger partial charge on any atom is 0.255 e. The van der Waals surface area contributed by atoms with Crippen molar-refractivity contribution in [2.24, 2.45) is 0 Å². The van der Waals surface area contributed by atoms with E-state index in [-0.39, 0.29) is 23.5 Å². The topological polar surface area (TPSA) is 71.1 Å². The van der Waals surface area contributed by atoms with Crippen molar-refractivity contribution in [2.75, 3.05) is 5.32 Å². The number of carbonyl (C=O) groups is 2. The number of allylic oxidation sites excluding steroid dienone is 3. The van der Waals surface area contributed by atoms with Gasteiger partial charge < -0.3 is 10.6 Å². The first-order chi connectivity index (χ1) is 15.5. The van der Waals surface area contributed by atoms with Crippen LogP contribution in [0.25, 0.3) is 0 Å². The molecule has 162 valence electrons. The highest BCUT2D eigenvalue weighted by atomic mass is 32.1. The SMILES string of the molecule is CC1=C(C(=O)Nc2cccc(C)n2)C(c2ccsc2)C2=C(CC(c3cccs3)CC2=O)N1. The van der Waals surface area contributed by atoms with E-state index in [1.807, 2.05) is 48.9 Å². The molecule has 4 heterocycles. The molecule has 0 bridgehead atoms. The Bertz CT molecular complexity index is 1240. The smallest absolute Gasteiger partial charge is 0.255 e. The van der Waals surface area contributed by atoms with Gasteiger partial charge in [0, 0.05) is 51.4 Å². The fourth-order valence-corrected chi connectivity index (χ4v) is 6.15. The molecule has 0 spiro atoms. The molecule has 1 amide bonds. The summed E-state index contributed by atoms with van der Waals surface area (Å²) < 4.78 is 0. The van der Waals surface area contributed by atoms with Gasteiger partial charge in [-0.1, -0.05) is 12.1 Å². The average molecular weight is 462 g/mol. The fourth-order valence-electron chi connectivity index (χ4n) is 4.63. The molecule has 2 aliphatic rings. The molecule has 0 radical (unpaired) electrons. The van der Waals surface area contributed by atoms with Crippen molar-refractivity contribution in [3.63, 3.8) is 0 Å². The fraction of sp³-hybridized carbons (Fsp3) is 0.240. The standard InChI is InChI=1S/C25H23N3O2S2/c1-14-5-3-7-21(26-14)28-25(30)22-15(2)27-18-11-17(20-6-4-9-32-20)12-19(29)24(18)23(22)16-8-10-31-13-16/h3-10,13,17,23,27H,11-12H2,1-2H3,(H,26,28,30). The number of pyridine rings is 1. The quantitative estimate of drug-likeness (QED) is 0.537. The number of dihydropyridines is 1. The summed E-state index contributed by atoms with van der Waals surface area (Å²) in [6.45, 7) is 3.80. The Morgan fingerprint density at radius 3 is 2.72 bits per heavy atom. The highest BCUT2D eigenvalue weighted by Gasteiger charge is 2.41. The molecule has 32 heavy (non-hydrogen) atoms. The van der Waals surface area contributed by atoms with Gasteiger partial charge in [0.15, 0.2) is 5.78 Å². The molecule has 3 aromatic heterocycles. The van der Waals surface area contributed by atoms with Crippen molar-refractivity contribution in [1.29, 1.82) is 0 Å². The van der Waals surface area contributed by atoms with E-state index in [0.717, 1.165) is 34.6 Å². The normalized spacial score (nSPS) is 20.8. The summed E-state index contributed by atoms with van der Waals surface area (Å²) in [5, 5.41) is 12.4. The minimum atomic E-state index is -0.376. The van der Waals surface area contributed by atoms with Crippen LogP contribution < -0.4 is 10.6 Å². The van der Waals surface area contributed by atoms with Crippen LogP contribution in [0.4, 0.5) is 5.82 Å². The number of hydrogen-bond donors (Lipinski definition) is 2. The molecule has 5 rings (SSSR count). The maximum atomic E-state index is 13.5. The van der Waals surface area contributed by atoms with Crippen molar-refractivity contribution < 1.29 is 9.59 Å². The van der Waals surface area contributed by atoms with E-state index in [9.17, 15) is 9.59 Å². The van der Waals surface area contributed by atoms with Gasteiger partial charge in [0.25, 0.3) is 5.91 Å². The van der Waals surface area contributed by atoms with Gasteiger partial charge in [-0.3, -0.25) is 9.59 Å². The number of nitrogens with zero attached hydrogens (tertiary/aromatic N) is 1. The van der Waals surface area contributed by atoms with Gasteiger partial charge in [-0.25, -0.2) is 4.98 Å². The molecule has 7 heteroatoms. The number of carbonyl (C=O) groups excluding carboxylic acids is 2. The number of amides is 1. The Hall–Kier alpha value is -3.03. The molecule has 3 aromatic rings. The Kier molecular flexibility index (Phi) is 5.53. The molecule has 1 aliphatic carbocycles. The van der Waals surface area contributed by atoms with Gasteiger partial charge in [-0.15, -0.1) is 11.3 Å². The molecule has 1 aliphatic heterocycles. The van der Waals surface area contributed by atoms with Crippen LogP contribution in [-0.2, 0) is 9.59 Å². The summed E-state index contributed by atoms with van der Waals surface area (Å²) in [7, 11) is 0. The van der Waals surface area contributed by atoms with Crippen LogP contribution in [-0.4, -0.2) is 16.7 Å². The zero-order valence-electron chi connectivity index (χ0n) is 17.8. The lowest BCUT2D eigenvalue weighted by Gasteiger charge is -2.36. The number of aromatic nitrogens is 1. The van der Waals surface area contributed by atoms with Crippen LogP contribution in [0.15, 0.2) is 75.1 Å². The Labute approximate surface area is 194 Å². The van der Waals surface area contributed by atoms with Gasteiger partial charge >= 0.3 is 0 Å². The third kappa shape index (κ3) is 3.82. The molecule has 5 nitrogen and oxygen atoms in total. The second-order valence-corrected chi connectivity index (χ2v) is 9.97. The lowest BCUT2D eigenvalue weighted by atomic mass is 9.73. The lowest BCUT2D eigenvalue weighted by molar-refractivity contribution is -0.116. The summed E-state index contributed by atoms with van der Waals surface area (Å²) in [6, 6.07) is 11.7. The number of thiophene rings is 2. The third-order valence-electron chi connectivity index (χ3n) is 6.02. The Morgan fingerprint density at radius 2 is 2.00 bits per heavy atom. The first-order valence-electron chi connectivity index (χ1n) is 10.6. The van der Waals surface area contributed by atoms with Crippen LogP contribution in [0.5, 0.6) is 0 Å². The first kappa shape index (κ1) is 20.8. The lowest BCUT2D eigenvalue weighted by Crippen LogP contribution is -2.36. The third-order valence-corrected chi connectivity index (χ3v) is 7.76. The number of rotatable bonds is 4. The summed E-state index contributed by atoms with van der Waals surface area (Å²) in [5.41, 5.74) is 4.84. The van der Waals surface area contributed by atoms with Crippen molar-refractivity contribution in [3.8, 4) is 0 Å². The Morgan fingerprint density at radius 1 is 1.12 bits per heavy atom. The minimum absolute atomic E-state index is 0.111. The van der Waals surface area contributed by atoms with E-state index in [1.165, 1.54) is 4.88 Å². The number of aryl methyl sites for hydroxylation is 1. The molecule has 2 N–H and O–H groups in total. The van der Waals surface area contributed by atoms with Crippen LogP contribution in [0, 0.1) is 6.92 Å². The first-order valence-corrected chi connectivity index (χ1v) is 12.4. The molecule has 0 aromatic carbocycles. The maximum absolute atomic E-state index is 13.5. The van der Waals surface area contributed by atoms with Crippen molar-refractivity contribution >= 4 is 40.2 Å². The molecule has 0 saturated heterocycles. The molecule has 0 fully saturated rings. The van der Waals surface area contributed by atoms with E-state index < -0.39 is 0 Å². The van der Waals surface area contributed by atoms with Crippen molar-refractivity contribution in [3.05, 3.63) is 91.2 Å². The summed E-state index contributed by atoms with van der Waals surface area (Å²) >= 11 is 3.27. The zero-order valence-corrected chi connectivity index (χ0v) is 19.5. The van der Waals surface area contributed by atoms with Crippen LogP contribution in [0.3, 0.4) is 0 Å². The van der Waals surface area contributed by atoms with Crippen LogP contribution >= 0.6 is 22.7 Å². The van der Waals surface area contributed by atoms with Gasteiger partial charge in [-0.2, -0.15) is 11.3 Å². The van der Waals surface area contributed by atoms with Crippen molar-refractivity contribution in [2.45, 2.75) is 38.5 Å². The molecule has 2 unspecified atom stereocenters. The predicted octanol–water partition coefficient (Wildman–Crippen LogP) is 5.51. The Balaban J connectivity index is 1.53. The zero-order chi connectivity index (χ0) is 22.2. The average Bonchev–Trinajstić information content (AvgIpc) is 3.47. The summed E-state index contributed by atoms with van der Waals surface area (Å²) in [5.74, 6) is 0.186. The number of ketones is 1. The number of hydrogen-bond acceptors (Lipinski definition) is 6. The van der Waals surface area contributed by atoms with Gasteiger partial charge in [-0.05, 0) is 66.2 Å². The van der Waals surface area contributed by atoms with E-state index in [0.29, 0.717) is 17.8 Å². The van der Waals surface area contributed by atoms with Gasteiger partial charge in [0.1, 0.15) is 5.82 Å². The summed E-state index contributed by atoms with van der Waals surface area (Å²) in [4.78, 5) is 32.5. The van der Waals surface area contributed by atoms with Crippen LogP contribution in [0.1, 0.15) is 47.7 Å². The van der Waals surface area contributed by atoms with Crippen molar-refractivity contribution in [1.82, 2.24) is 10.3 Å². The molecular weight excluding hydrogens is 438 g/mol. The molecule has 0 saturated carbocycles. The van der Waals surface area contributed by atoms with Crippen LogP contribution in [0.2, 0.25) is 0 Å². The largest absolute Gasteiger partial charge is 0.362 e.